The number of rotatable bonds is 4. The minimum atomic E-state index is -0.758. The van der Waals surface area contributed by atoms with Gasteiger partial charge in [-0.3, -0.25) is 4.79 Å². The Morgan fingerprint density at radius 2 is 1.97 bits per heavy atom. The maximum Gasteiger partial charge on any atom is 0.409 e. The molecular weight excluding hydrogens is 493 g/mol. The summed E-state index contributed by atoms with van der Waals surface area (Å²) in [5.74, 6) is -1.38. The van der Waals surface area contributed by atoms with E-state index in [0.717, 1.165) is 6.42 Å². The summed E-state index contributed by atoms with van der Waals surface area (Å²) in [5, 5.41) is 10.5. The molecule has 1 fully saturated rings. The summed E-state index contributed by atoms with van der Waals surface area (Å²) in [5.41, 5.74) is 1.82. The van der Waals surface area contributed by atoms with Crippen LogP contribution in [0.25, 0.3) is 22.2 Å². The first-order valence-electron chi connectivity index (χ1n) is 11.1. The molecule has 3 aromatic rings. The van der Waals surface area contributed by atoms with Crippen LogP contribution in [-0.2, 0) is 4.74 Å². The van der Waals surface area contributed by atoms with Crippen molar-refractivity contribution in [3.8, 4) is 17.0 Å². The smallest absolute Gasteiger partial charge is 0.409 e. The molecule has 1 N–H and O–H groups in total. The van der Waals surface area contributed by atoms with Crippen molar-refractivity contribution in [3.05, 3.63) is 58.9 Å². The molecule has 0 bridgehead atoms. The number of nitrogens with zero attached hydrogens (tertiary/aromatic N) is 3. The number of phenolic OH excluding ortho intramolecular Hbond substituents is 1. The number of aromatic nitrogens is 1. The van der Waals surface area contributed by atoms with Crippen molar-refractivity contribution in [2.24, 2.45) is 0 Å². The number of hydrogen-bond acceptors (Lipinski definition) is 5. The van der Waals surface area contributed by atoms with Crippen LogP contribution in [0.4, 0.5) is 9.18 Å². The van der Waals surface area contributed by atoms with Gasteiger partial charge in [-0.25, -0.2) is 14.2 Å². The Bertz CT molecular complexity index is 1260. The highest BCUT2D eigenvalue weighted by molar-refractivity contribution is 7.59. The minimum Gasteiger partial charge on any atom is -0.505 e. The number of amides is 2. The zero-order chi connectivity index (χ0) is 24.4. The van der Waals surface area contributed by atoms with Gasteiger partial charge in [-0.1, -0.05) is 24.6 Å². The van der Waals surface area contributed by atoms with Crippen LogP contribution in [0, 0.1) is 5.82 Å². The Morgan fingerprint density at radius 1 is 1.20 bits per heavy atom. The maximum atomic E-state index is 13.8. The average Bonchev–Trinajstić information content (AvgIpc) is 2.83. The normalized spacial score (nSPS) is 15.6. The maximum absolute atomic E-state index is 13.8. The lowest BCUT2D eigenvalue weighted by atomic mass is 10.1. The minimum absolute atomic E-state index is 0. The molecule has 4 rings (SSSR count). The second kappa shape index (κ2) is 11.1. The second-order valence-corrected chi connectivity index (χ2v) is 8.70. The molecule has 1 aromatic heterocycles. The summed E-state index contributed by atoms with van der Waals surface area (Å²) in [6, 6.07) is 10.5. The third kappa shape index (κ3) is 5.62. The number of phenols is 1. The van der Waals surface area contributed by atoms with E-state index >= 15 is 0 Å². The predicted molar refractivity (Wildman–Crippen MR) is 138 cm³/mol. The first kappa shape index (κ1) is 26.6. The van der Waals surface area contributed by atoms with Crippen molar-refractivity contribution in [3.63, 3.8) is 0 Å². The Balaban J connectivity index is 0.00000342. The van der Waals surface area contributed by atoms with Crippen LogP contribution in [-0.4, -0.2) is 64.2 Å². The van der Waals surface area contributed by atoms with Gasteiger partial charge < -0.3 is 19.6 Å². The molecular formula is C25H27ClFN3O4S. The number of pyridine rings is 1. The zero-order valence-corrected chi connectivity index (χ0v) is 21.2. The second-order valence-electron chi connectivity index (χ2n) is 8.30. The quantitative estimate of drug-likeness (QED) is 0.512. The highest BCUT2D eigenvalue weighted by Crippen LogP contribution is 2.31. The number of carbonyl (C=O) groups excluding carboxylic acids is 2. The Kier molecular flexibility index (Phi) is 8.45. The number of piperazine rings is 1. The van der Waals surface area contributed by atoms with Crippen LogP contribution >= 0.6 is 25.1 Å². The van der Waals surface area contributed by atoms with Gasteiger partial charge in [0.25, 0.3) is 5.91 Å². The van der Waals surface area contributed by atoms with Gasteiger partial charge in [-0.05, 0) is 49.7 Å². The summed E-state index contributed by atoms with van der Waals surface area (Å²) >= 11 is 6.44. The molecule has 1 aliphatic rings. The van der Waals surface area contributed by atoms with Crippen molar-refractivity contribution in [2.45, 2.75) is 26.3 Å². The molecule has 0 aliphatic carbocycles. The largest absolute Gasteiger partial charge is 0.505 e. The van der Waals surface area contributed by atoms with Crippen molar-refractivity contribution >= 4 is 48.0 Å². The van der Waals surface area contributed by atoms with E-state index < -0.39 is 11.6 Å². The van der Waals surface area contributed by atoms with Gasteiger partial charge in [0.15, 0.2) is 11.6 Å². The Labute approximate surface area is 214 Å². The van der Waals surface area contributed by atoms with Crippen molar-refractivity contribution in [1.82, 2.24) is 14.8 Å². The van der Waals surface area contributed by atoms with E-state index in [9.17, 15) is 19.1 Å². The number of fused-ring (bicyclic) bond motifs is 1. The zero-order valence-electron chi connectivity index (χ0n) is 19.4. The summed E-state index contributed by atoms with van der Waals surface area (Å²) < 4.78 is 19.0. The fraction of sp³-hybridized carbons (Fsp3) is 0.320. The van der Waals surface area contributed by atoms with Gasteiger partial charge in [-0.15, -0.1) is 0 Å². The monoisotopic (exact) mass is 519 g/mol. The van der Waals surface area contributed by atoms with E-state index in [2.05, 4.69) is 4.98 Å². The van der Waals surface area contributed by atoms with Gasteiger partial charge >= 0.3 is 6.09 Å². The summed E-state index contributed by atoms with van der Waals surface area (Å²) in [6.45, 7) is 5.38. The van der Waals surface area contributed by atoms with Crippen LogP contribution in [0.1, 0.15) is 30.6 Å². The molecule has 1 aliphatic heterocycles. The lowest BCUT2D eigenvalue weighted by Gasteiger charge is -2.39. The van der Waals surface area contributed by atoms with Crippen molar-refractivity contribution in [1.29, 1.82) is 0 Å². The molecule has 0 radical (unpaired) electrons. The van der Waals surface area contributed by atoms with Crippen LogP contribution in [0.3, 0.4) is 0 Å². The lowest BCUT2D eigenvalue weighted by molar-refractivity contribution is 0.0414. The molecule has 1 atom stereocenters. The molecule has 10 heteroatoms. The third-order valence-electron chi connectivity index (χ3n) is 5.83. The van der Waals surface area contributed by atoms with E-state index in [4.69, 9.17) is 16.3 Å². The van der Waals surface area contributed by atoms with Crippen LogP contribution < -0.4 is 0 Å². The van der Waals surface area contributed by atoms with E-state index in [-0.39, 0.29) is 31.5 Å². The van der Waals surface area contributed by atoms with Gasteiger partial charge in [0.2, 0.25) is 0 Å². The predicted octanol–water partition coefficient (Wildman–Crippen LogP) is 5.21. The molecule has 0 saturated carbocycles. The Hall–Kier alpha value is -3.04. The SMILES string of the molecule is CCCOC(=O)N1CCN(C(=O)c2ccc3c(Cl)cc(-c4ccc(O)c(F)c4)nc3c2)[C@@H](C)C1.S. The standard InChI is InChI=1S/C25H25ClFN3O4.H2S/c1-3-10-34-25(33)29-8-9-30(15(2)14-29)24(32)17-4-6-18-19(26)13-21(28-22(18)12-17)16-5-7-23(31)20(27)11-16;/h4-7,11-13,15,31H,3,8-10,14H2,1-2H3;1H2/t15-;/m0./s1. The molecule has 35 heavy (non-hydrogen) atoms. The number of halogens is 2. The van der Waals surface area contributed by atoms with E-state index in [1.807, 2.05) is 13.8 Å². The average molecular weight is 520 g/mol. The highest BCUT2D eigenvalue weighted by Gasteiger charge is 2.31. The molecule has 1 saturated heterocycles. The summed E-state index contributed by atoms with van der Waals surface area (Å²) in [4.78, 5) is 33.4. The summed E-state index contributed by atoms with van der Waals surface area (Å²) in [7, 11) is 0. The van der Waals surface area contributed by atoms with Crippen molar-refractivity contribution < 1.29 is 23.8 Å². The topological polar surface area (TPSA) is 83.0 Å². The van der Waals surface area contributed by atoms with E-state index in [0.29, 0.717) is 59.0 Å². The van der Waals surface area contributed by atoms with Crippen LogP contribution in [0.5, 0.6) is 5.75 Å². The van der Waals surface area contributed by atoms with Crippen molar-refractivity contribution in [2.75, 3.05) is 26.2 Å². The molecule has 186 valence electrons. The van der Waals surface area contributed by atoms with Crippen LogP contribution in [0.15, 0.2) is 42.5 Å². The highest BCUT2D eigenvalue weighted by atomic mass is 35.5. The van der Waals surface area contributed by atoms with Gasteiger partial charge in [-0.2, -0.15) is 13.5 Å². The number of ether oxygens (including phenoxy) is 1. The first-order valence-corrected chi connectivity index (χ1v) is 11.5. The number of benzene rings is 2. The summed E-state index contributed by atoms with van der Waals surface area (Å²) in [6.07, 6.45) is 0.395. The van der Waals surface area contributed by atoms with Gasteiger partial charge in [0, 0.05) is 42.2 Å². The fourth-order valence-corrected chi connectivity index (χ4v) is 4.27. The first-order chi connectivity index (χ1) is 16.3. The molecule has 2 aromatic carbocycles. The number of carbonyl (C=O) groups is 2. The lowest BCUT2D eigenvalue weighted by Crippen LogP contribution is -2.55. The third-order valence-corrected chi connectivity index (χ3v) is 6.14. The van der Waals surface area contributed by atoms with Gasteiger partial charge in [0.05, 0.1) is 22.8 Å². The molecule has 0 spiro atoms. The fourth-order valence-electron chi connectivity index (χ4n) is 4.00. The molecule has 2 amide bonds. The van der Waals surface area contributed by atoms with Crippen LogP contribution in [0.2, 0.25) is 5.02 Å². The number of aromatic hydroxyl groups is 1. The number of hydrogen-bond donors (Lipinski definition) is 1. The molecule has 7 nitrogen and oxygen atoms in total. The van der Waals surface area contributed by atoms with E-state index in [1.54, 1.807) is 40.1 Å². The molecule has 0 unspecified atom stereocenters. The molecule has 2 heterocycles. The van der Waals surface area contributed by atoms with Gasteiger partial charge in [0.1, 0.15) is 0 Å². The Morgan fingerprint density at radius 3 is 2.66 bits per heavy atom. The van der Waals surface area contributed by atoms with E-state index in [1.165, 1.54) is 12.1 Å².